The van der Waals surface area contributed by atoms with Crippen LogP contribution < -0.4 is 4.74 Å². The maximum absolute atomic E-state index is 11.0. The van der Waals surface area contributed by atoms with Crippen LogP contribution in [0.4, 0.5) is 0 Å². The van der Waals surface area contributed by atoms with E-state index in [1.807, 2.05) is 24.3 Å². The van der Waals surface area contributed by atoms with Gasteiger partial charge in [0, 0.05) is 16.8 Å². The molecule has 1 heterocycles. The van der Waals surface area contributed by atoms with E-state index < -0.39 is 5.97 Å². The minimum Gasteiger partial charge on any atom is -0.496 e. The van der Waals surface area contributed by atoms with Crippen molar-refractivity contribution in [1.82, 2.24) is 9.97 Å². The van der Waals surface area contributed by atoms with Crippen molar-refractivity contribution in [3.8, 4) is 5.75 Å². The minimum absolute atomic E-state index is 0.130. The standard InChI is InChI=1S/C13H12N2O3S/c1-18-11-4-2-3-5-12(11)19-7-10-9(13(16)17)6-14-8-15-10/h2-6,8H,7H2,1H3,(H,16,17). The number of hydrogen-bond donors (Lipinski definition) is 1. The van der Waals surface area contributed by atoms with Gasteiger partial charge in [-0.2, -0.15) is 0 Å². The van der Waals surface area contributed by atoms with E-state index in [0.717, 1.165) is 10.6 Å². The molecule has 98 valence electrons. The molecular formula is C13H12N2O3S. The van der Waals surface area contributed by atoms with Crippen molar-refractivity contribution >= 4 is 17.7 Å². The van der Waals surface area contributed by atoms with Crippen molar-refractivity contribution in [3.63, 3.8) is 0 Å². The van der Waals surface area contributed by atoms with Crippen LogP contribution in [-0.2, 0) is 5.75 Å². The first-order chi connectivity index (χ1) is 9.22. The largest absolute Gasteiger partial charge is 0.496 e. The van der Waals surface area contributed by atoms with E-state index in [-0.39, 0.29) is 5.56 Å². The average molecular weight is 276 g/mol. The second-order valence-corrected chi connectivity index (χ2v) is 4.64. The van der Waals surface area contributed by atoms with Crippen molar-refractivity contribution in [2.75, 3.05) is 7.11 Å². The second-order valence-electron chi connectivity index (χ2n) is 3.63. The van der Waals surface area contributed by atoms with Crippen LogP contribution in [0.3, 0.4) is 0 Å². The summed E-state index contributed by atoms with van der Waals surface area (Å²) in [5.74, 6) is 0.194. The summed E-state index contributed by atoms with van der Waals surface area (Å²) < 4.78 is 5.24. The first-order valence-electron chi connectivity index (χ1n) is 5.50. The zero-order valence-electron chi connectivity index (χ0n) is 10.2. The highest BCUT2D eigenvalue weighted by Crippen LogP contribution is 2.31. The Kier molecular flexibility index (Phi) is 4.35. The number of ether oxygens (including phenoxy) is 1. The van der Waals surface area contributed by atoms with Crippen LogP contribution in [0.25, 0.3) is 0 Å². The molecular weight excluding hydrogens is 264 g/mol. The number of carbonyl (C=O) groups is 1. The highest BCUT2D eigenvalue weighted by molar-refractivity contribution is 7.98. The molecule has 0 aliphatic rings. The van der Waals surface area contributed by atoms with Gasteiger partial charge < -0.3 is 9.84 Å². The summed E-state index contributed by atoms with van der Waals surface area (Å²) in [6.45, 7) is 0. The highest BCUT2D eigenvalue weighted by atomic mass is 32.2. The highest BCUT2D eigenvalue weighted by Gasteiger charge is 2.12. The van der Waals surface area contributed by atoms with E-state index in [0.29, 0.717) is 11.4 Å². The fraction of sp³-hybridized carbons (Fsp3) is 0.154. The van der Waals surface area contributed by atoms with Gasteiger partial charge in [0.2, 0.25) is 0 Å². The van der Waals surface area contributed by atoms with Crippen molar-refractivity contribution in [3.05, 3.63) is 48.0 Å². The molecule has 1 N–H and O–H groups in total. The molecule has 0 aliphatic heterocycles. The molecule has 0 unspecified atom stereocenters. The zero-order valence-corrected chi connectivity index (χ0v) is 11.1. The summed E-state index contributed by atoms with van der Waals surface area (Å²) in [4.78, 5) is 19.7. The number of carboxylic acids is 1. The van der Waals surface area contributed by atoms with Crippen molar-refractivity contribution in [2.24, 2.45) is 0 Å². The summed E-state index contributed by atoms with van der Waals surface area (Å²) in [7, 11) is 1.60. The fourth-order valence-electron chi connectivity index (χ4n) is 1.53. The van der Waals surface area contributed by atoms with Gasteiger partial charge in [0.1, 0.15) is 17.6 Å². The molecule has 1 aromatic heterocycles. The van der Waals surface area contributed by atoms with Crippen LogP contribution in [0.2, 0.25) is 0 Å². The number of para-hydroxylation sites is 1. The molecule has 0 saturated heterocycles. The molecule has 0 aliphatic carbocycles. The summed E-state index contributed by atoms with van der Waals surface area (Å²) in [5.41, 5.74) is 0.628. The van der Waals surface area contributed by atoms with E-state index in [1.165, 1.54) is 24.3 Å². The number of aromatic carboxylic acids is 1. The monoisotopic (exact) mass is 276 g/mol. The predicted octanol–water partition coefficient (Wildman–Crippen LogP) is 2.48. The summed E-state index contributed by atoms with van der Waals surface area (Å²) in [5, 5.41) is 9.05. The van der Waals surface area contributed by atoms with Crippen LogP contribution in [0.5, 0.6) is 5.75 Å². The molecule has 0 fully saturated rings. The van der Waals surface area contributed by atoms with Gasteiger partial charge in [0.05, 0.1) is 12.8 Å². The van der Waals surface area contributed by atoms with Crippen molar-refractivity contribution in [2.45, 2.75) is 10.6 Å². The SMILES string of the molecule is COc1ccccc1SCc1ncncc1C(=O)O. The van der Waals surface area contributed by atoms with E-state index >= 15 is 0 Å². The quantitative estimate of drug-likeness (QED) is 0.846. The summed E-state index contributed by atoms with van der Waals surface area (Å²) in [6.07, 6.45) is 2.66. The third-order valence-corrected chi connectivity index (χ3v) is 3.52. The van der Waals surface area contributed by atoms with Gasteiger partial charge in [0.15, 0.2) is 0 Å². The first kappa shape index (κ1) is 13.4. The molecule has 0 amide bonds. The number of thioether (sulfide) groups is 1. The van der Waals surface area contributed by atoms with Crippen LogP contribution in [0.15, 0.2) is 41.7 Å². The minimum atomic E-state index is -1.02. The molecule has 5 nitrogen and oxygen atoms in total. The Morgan fingerprint density at radius 2 is 2.21 bits per heavy atom. The molecule has 2 aromatic rings. The summed E-state index contributed by atoms with van der Waals surface area (Å²) in [6, 6.07) is 7.57. The van der Waals surface area contributed by atoms with Gasteiger partial charge in [-0.05, 0) is 12.1 Å². The number of carboxylic acid groups (broad SMARTS) is 1. The first-order valence-corrected chi connectivity index (χ1v) is 6.49. The lowest BCUT2D eigenvalue weighted by Gasteiger charge is -2.08. The van der Waals surface area contributed by atoms with E-state index in [4.69, 9.17) is 9.84 Å². The Bertz CT molecular complexity index is 590. The molecule has 0 radical (unpaired) electrons. The molecule has 6 heteroatoms. The van der Waals surface area contributed by atoms with Crippen LogP contribution in [0, 0.1) is 0 Å². The Balaban J connectivity index is 2.17. The van der Waals surface area contributed by atoms with Crippen LogP contribution in [-0.4, -0.2) is 28.2 Å². The Morgan fingerprint density at radius 1 is 1.42 bits per heavy atom. The number of methoxy groups -OCH3 is 1. The lowest BCUT2D eigenvalue weighted by molar-refractivity contribution is 0.0695. The Labute approximate surface area is 114 Å². The van der Waals surface area contributed by atoms with Gasteiger partial charge in [-0.15, -0.1) is 11.8 Å². The smallest absolute Gasteiger partial charge is 0.339 e. The number of benzene rings is 1. The van der Waals surface area contributed by atoms with Gasteiger partial charge in [-0.1, -0.05) is 12.1 Å². The van der Waals surface area contributed by atoms with Crippen LogP contribution in [0.1, 0.15) is 16.1 Å². The molecule has 0 saturated carbocycles. The molecule has 0 bridgehead atoms. The maximum atomic E-state index is 11.0. The lowest BCUT2D eigenvalue weighted by Crippen LogP contribution is -2.04. The second kappa shape index (κ2) is 6.19. The predicted molar refractivity (Wildman–Crippen MR) is 71.5 cm³/mol. The topological polar surface area (TPSA) is 72.3 Å². The third kappa shape index (κ3) is 3.23. The molecule has 0 atom stereocenters. The number of aromatic nitrogens is 2. The Morgan fingerprint density at radius 3 is 2.95 bits per heavy atom. The van der Waals surface area contributed by atoms with Gasteiger partial charge in [-0.3, -0.25) is 0 Å². The number of rotatable bonds is 5. The maximum Gasteiger partial charge on any atom is 0.339 e. The third-order valence-electron chi connectivity index (χ3n) is 2.46. The molecule has 0 spiro atoms. The number of nitrogens with zero attached hydrogens (tertiary/aromatic N) is 2. The molecule has 2 rings (SSSR count). The average Bonchev–Trinajstić information content (AvgIpc) is 2.45. The summed E-state index contributed by atoms with van der Waals surface area (Å²) >= 11 is 1.48. The normalized spacial score (nSPS) is 10.2. The number of hydrogen-bond acceptors (Lipinski definition) is 5. The van der Waals surface area contributed by atoms with E-state index in [1.54, 1.807) is 7.11 Å². The van der Waals surface area contributed by atoms with E-state index in [2.05, 4.69) is 9.97 Å². The van der Waals surface area contributed by atoms with E-state index in [9.17, 15) is 4.79 Å². The Hall–Kier alpha value is -2.08. The zero-order chi connectivity index (χ0) is 13.7. The van der Waals surface area contributed by atoms with Gasteiger partial charge in [0.25, 0.3) is 0 Å². The van der Waals surface area contributed by atoms with Gasteiger partial charge >= 0.3 is 5.97 Å². The van der Waals surface area contributed by atoms with Crippen molar-refractivity contribution < 1.29 is 14.6 Å². The lowest BCUT2D eigenvalue weighted by atomic mass is 10.2. The molecule has 19 heavy (non-hydrogen) atoms. The van der Waals surface area contributed by atoms with Crippen LogP contribution >= 0.6 is 11.8 Å². The van der Waals surface area contributed by atoms with Gasteiger partial charge in [-0.25, -0.2) is 14.8 Å². The fourth-order valence-corrected chi connectivity index (χ4v) is 2.52. The molecule has 1 aromatic carbocycles. The van der Waals surface area contributed by atoms with Crippen molar-refractivity contribution in [1.29, 1.82) is 0 Å².